The van der Waals surface area contributed by atoms with Gasteiger partial charge in [-0.25, -0.2) is 4.98 Å². The number of benzene rings is 2. The third-order valence-electron chi connectivity index (χ3n) is 4.25. The van der Waals surface area contributed by atoms with Gasteiger partial charge in [-0.05, 0) is 23.1 Å². The lowest BCUT2D eigenvalue weighted by Crippen LogP contribution is -2.26. The van der Waals surface area contributed by atoms with Crippen molar-refractivity contribution in [1.29, 1.82) is 5.26 Å². The number of hydrogen-bond acceptors (Lipinski definition) is 4. The second-order valence-electron chi connectivity index (χ2n) is 6.08. The normalized spacial score (nSPS) is 10.5. The van der Waals surface area contributed by atoms with E-state index < -0.39 is 0 Å². The zero-order chi connectivity index (χ0) is 18.5. The number of anilines is 1. The first-order valence-corrected chi connectivity index (χ1v) is 8.57. The van der Waals surface area contributed by atoms with Gasteiger partial charge in [-0.15, -0.1) is 0 Å². The summed E-state index contributed by atoms with van der Waals surface area (Å²) in [7, 11) is 0. The second kappa shape index (κ2) is 7.66. The molecule has 1 heterocycles. The fourth-order valence-corrected chi connectivity index (χ4v) is 2.96. The molecule has 5 heteroatoms. The highest BCUT2D eigenvalue weighted by Gasteiger charge is 2.15. The lowest BCUT2D eigenvalue weighted by atomic mass is 9.96. The summed E-state index contributed by atoms with van der Waals surface area (Å²) in [5.41, 5.74) is 9.81. The van der Waals surface area contributed by atoms with Crippen LogP contribution in [0.2, 0.25) is 0 Å². The van der Waals surface area contributed by atoms with Gasteiger partial charge in [-0.2, -0.15) is 5.26 Å². The van der Waals surface area contributed by atoms with Gasteiger partial charge in [0.05, 0.1) is 18.2 Å². The number of pyridine rings is 1. The lowest BCUT2D eigenvalue weighted by molar-refractivity contribution is 0.0950. The van der Waals surface area contributed by atoms with E-state index in [9.17, 15) is 4.79 Å². The van der Waals surface area contributed by atoms with Crippen LogP contribution in [-0.4, -0.2) is 17.4 Å². The van der Waals surface area contributed by atoms with Crippen molar-refractivity contribution in [2.24, 2.45) is 0 Å². The van der Waals surface area contributed by atoms with Gasteiger partial charge in [-0.3, -0.25) is 4.79 Å². The average Bonchev–Trinajstić information content (AvgIpc) is 2.66. The number of carbonyl (C=O) groups excluding carboxylic acids is 1. The quantitative estimate of drug-likeness (QED) is 0.738. The van der Waals surface area contributed by atoms with Gasteiger partial charge in [0.1, 0.15) is 0 Å². The van der Waals surface area contributed by atoms with Crippen molar-refractivity contribution < 1.29 is 4.79 Å². The third-order valence-corrected chi connectivity index (χ3v) is 4.25. The van der Waals surface area contributed by atoms with Crippen molar-refractivity contribution in [1.82, 2.24) is 10.3 Å². The van der Waals surface area contributed by atoms with E-state index >= 15 is 0 Å². The number of nitrogens with zero attached hydrogens (tertiary/aromatic N) is 2. The molecule has 1 amide bonds. The molecule has 0 aliphatic rings. The third kappa shape index (κ3) is 3.35. The number of carbonyl (C=O) groups is 1. The largest absolute Gasteiger partial charge is 0.396 e. The Balaban J connectivity index is 2.09. The summed E-state index contributed by atoms with van der Waals surface area (Å²) in [5, 5.41) is 13.4. The molecule has 1 aromatic heterocycles. The van der Waals surface area contributed by atoms with Crippen LogP contribution in [0.3, 0.4) is 0 Å². The predicted molar refractivity (Wildman–Crippen MR) is 104 cm³/mol. The van der Waals surface area contributed by atoms with E-state index in [1.165, 1.54) is 0 Å². The van der Waals surface area contributed by atoms with Crippen molar-refractivity contribution in [3.8, 4) is 17.2 Å². The highest BCUT2D eigenvalue weighted by Crippen LogP contribution is 2.32. The molecule has 3 aromatic rings. The van der Waals surface area contributed by atoms with E-state index in [0.717, 1.165) is 33.9 Å². The molecule has 0 fully saturated rings. The number of nitriles is 1. The maximum absolute atomic E-state index is 12.3. The van der Waals surface area contributed by atoms with Crippen LogP contribution in [0.1, 0.15) is 29.4 Å². The summed E-state index contributed by atoms with van der Waals surface area (Å²) in [4.78, 5) is 16.6. The van der Waals surface area contributed by atoms with Crippen LogP contribution in [-0.2, 0) is 6.42 Å². The first kappa shape index (κ1) is 17.4. The lowest BCUT2D eigenvalue weighted by Gasteiger charge is -2.12. The minimum atomic E-state index is -0.257. The Morgan fingerprint density at radius 2 is 2.04 bits per heavy atom. The molecule has 26 heavy (non-hydrogen) atoms. The Morgan fingerprint density at radius 3 is 2.81 bits per heavy atom. The molecule has 0 bridgehead atoms. The molecule has 130 valence electrons. The van der Waals surface area contributed by atoms with Crippen LogP contribution in [0.4, 0.5) is 5.69 Å². The minimum absolute atomic E-state index is 0.251. The zero-order valence-electron chi connectivity index (χ0n) is 14.6. The van der Waals surface area contributed by atoms with Gasteiger partial charge in [0.15, 0.2) is 5.69 Å². The molecule has 0 spiro atoms. The number of hydrogen-bond donors (Lipinski definition) is 2. The first-order chi connectivity index (χ1) is 12.7. The van der Waals surface area contributed by atoms with Gasteiger partial charge >= 0.3 is 0 Å². The summed E-state index contributed by atoms with van der Waals surface area (Å²) in [5.74, 6) is -0.257. The van der Waals surface area contributed by atoms with E-state index in [-0.39, 0.29) is 11.6 Å². The Bertz CT molecular complexity index is 1000. The number of fused-ring (bicyclic) bond motifs is 1. The van der Waals surface area contributed by atoms with E-state index in [2.05, 4.69) is 16.4 Å². The van der Waals surface area contributed by atoms with Crippen LogP contribution in [0.15, 0.2) is 48.7 Å². The maximum Gasteiger partial charge on any atom is 0.272 e. The van der Waals surface area contributed by atoms with Crippen LogP contribution in [0, 0.1) is 11.3 Å². The van der Waals surface area contributed by atoms with Gasteiger partial charge < -0.3 is 11.1 Å². The number of nitrogen functional groups attached to an aromatic ring is 1. The van der Waals surface area contributed by atoms with Crippen LogP contribution >= 0.6 is 0 Å². The standard InChI is InChI=1S/C21H20N4O/c1-2-11-24-21(26)20-19(23)17-8-4-7-16(18(17)13-25-20)15-6-3-5-14(12-15)9-10-22/h3-8,12-13H,2,9,11,23H2,1H3,(H,24,26). The molecule has 2 aromatic carbocycles. The number of nitrogens with two attached hydrogens (primary N) is 1. The Hall–Kier alpha value is -3.39. The Labute approximate surface area is 152 Å². The minimum Gasteiger partial charge on any atom is -0.396 e. The smallest absolute Gasteiger partial charge is 0.272 e. The molecule has 0 saturated carbocycles. The number of rotatable bonds is 5. The highest BCUT2D eigenvalue weighted by molar-refractivity contribution is 6.09. The molecule has 0 saturated heterocycles. The fourth-order valence-electron chi connectivity index (χ4n) is 2.96. The summed E-state index contributed by atoms with van der Waals surface area (Å²) in [6.07, 6.45) is 2.90. The van der Waals surface area contributed by atoms with Crippen molar-refractivity contribution in [2.45, 2.75) is 19.8 Å². The van der Waals surface area contributed by atoms with E-state index in [0.29, 0.717) is 18.7 Å². The Morgan fingerprint density at radius 1 is 1.23 bits per heavy atom. The van der Waals surface area contributed by atoms with Crippen molar-refractivity contribution in [2.75, 3.05) is 12.3 Å². The first-order valence-electron chi connectivity index (χ1n) is 8.57. The summed E-state index contributed by atoms with van der Waals surface area (Å²) in [6.45, 7) is 2.58. The maximum atomic E-state index is 12.3. The molecule has 3 rings (SSSR count). The molecular formula is C21H20N4O. The van der Waals surface area contributed by atoms with E-state index in [1.807, 2.05) is 49.4 Å². The van der Waals surface area contributed by atoms with Crippen molar-refractivity contribution in [3.63, 3.8) is 0 Å². The summed E-state index contributed by atoms with van der Waals surface area (Å²) < 4.78 is 0. The number of nitrogens with one attached hydrogen (secondary N) is 1. The number of aromatic nitrogens is 1. The van der Waals surface area contributed by atoms with Crippen LogP contribution < -0.4 is 11.1 Å². The van der Waals surface area contributed by atoms with Crippen molar-refractivity contribution >= 4 is 22.4 Å². The van der Waals surface area contributed by atoms with Gasteiger partial charge in [0, 0.05) is 23.5 Å². The van der Waals surface area contributed by atoms with Crippen LogP contribution in [0.5, 0.6) is 0 Å². The molecule has 5 nitrogen and oxygen atoms in total. The monoisotopic (exact) mass is 344 g/mol. The molecule has 3 N–H and O–H groups in total. The summed E-state index contributed by atoms with van der Waals surface area (Å²) in [6, 6.07) is 15.8. The topological polar surface area (TPSA) is 91.8 Å². The number of amides is 1. The van der Waals surface area contributed by atoms with Crippen molar-refractivity contribution in [3.05, 3.63) is 59.9 Å². The zero-order valence-corrected chi connectivity index (χ0v) is 14.6. The molecule has 0 aliphatic carbocycles. The van der Waals surface area contributed by atoms with Gasteiger partial charge in [0.2, 0.25) is 0 Å². The Kier molecular flexibility index (Phi) is 5.14. The summed E-state index contributed by atoms with van der Waals surface area (Å²) >= 11 is 0. The van der Waals surface area contributed by atoms with Crippen LogP contribution in [0.25, 0.3) is 21.9 Å². The highest BCUT2D eigenvalue weighted by atomic mass is 16.1. The van der Waals surface area contributed by atoms with Gasteiger partial charge in [0.25, 0.3) is 5.91 Å². The van der Waals surface area contributed by atoms with E-state index in [1.54, 1.807) is 6.20 Å². The molecule has 0 atom stereocenters. The second-order valence-corrected chi connectivity index (χ2v) is 6.08. The van der Waals surface area contributed by atoms with Gasteiger partial charge in [-0.1, -0.05) is 49.4 Å². The molecule has 0 unspecified atom stereocenters. The fraction of sp³-hybridized carbons (Fsp3) is 0.190. The SMILES string of the molecule is CCCNC(=O)c1ncc2c(-c3cccc(CC#N)c3)cccc2c1N. The van der Waals surface area contributed by atoms with E-state index in [4.69, 9.17) is 11.0 Å². The molecule has 0 radical (unpaired) electrons. The predicted octanol–water partition coefficient (Wildman–Crippen LogP) is 3.69. The molecular weight excluding hydrogens is 324 g/mol. The average molecular weight is 344 g/mol. The molecule has 0 aliphatic heterocycles.